The van der Waals surface area contributed by atoms with E-state index in [1.165, 1.54) is 16.4 Å². The number of halogens is 1. The van der Waals surface area contributed by atoms with Crippen LogP contribution in [0.25, 0.3) is 6.08 Å². The highest BCUT2D eigenvalue weighted by Gasteiger charge is 2.51. The average Bonchev–Trinajstić information content (AvgIpc) is 3.11. The molecule has 6 heteroatoms. The van der Waals surface area contributed by atoms with Crippen molar-refractivity contribution in [1.82, 2.24) is 0 Å². The number of rotatable bonds is 4. The molecule has 34 heavy (non-hydrogen) atoms. The van der Waals surface area contributed by atoms with Crippen LogP contribution >= 0.6 is 0 Å². The molecule has 0 saturated carbocycles. The second kappa shape index (κ2) is 8.24. The van der Waals surface area contributed by atoms with E-state index < -0.39 is 21.4 Å². The first-order chi connectivity index (χ1) is 16.3. The largest absolute Gasteiger partial charge is 0.374 e. The maximum Gasteiger partial charge on any atom is 0.268 e. The van der Waals surface area contributed by atoms with Gasteiger partial charge < -0.3 is 5.11 Å². The number of aliphatic hydroxyl groups is 1. The number of sulfonamides is 1. The van der Waals surface area contributed by atoms with Gasteiger partial charge in [-0.1, -0.05) is 78.4 Å². The first kappa shape index (κ1) is 22.1. The van der Waals surface area contributed by atoms with Crippen molar-refractivity contribution in [3.63, 3.8) is 0 Å². The van der Waals surface area contributed by atoms with Gasteiger partial charge in [0.25, 0.3) is 10.0 Å². The third kappa shape index (κ3) is 3.52. The number of benzene rings is 4. The van der Waals surface area contributed by atoms with Crippen LogP contribution in [0.4, 0.5) is 10.1 Å². The van der Waals surface area contributed by atoms with Gasteiger partial charge in [-0.2, -0.15) is 0 Å². The Bertz CT molecular complexity index is 1480. The van der Waals surface area contributed by atoms with E-state index in [0.717, 1.165) is 5.56 Å². The van der Waals surface area contributed by atoms with Gasteiger partial charge in [0.05, 0.1) is 16.3 Å². The van der Waals surface area contributed by atoms with E-state index in [1.807, 2.05) is 13.0 Å². The molecular formula is C28H22FNO3S. The molecule has 5 rings (SSSR count). The molecule has 1 aliphatic heterocycles. The number of para-hydroxylation sites is 1. The Morgan fingerprint density at radius 2 is 1.44 bits per heavy atom. The Labute approximate surface area is 198 Å². The van der Waals surface area contributed by atoms with E-state index in [1.54, 1.807) is 91.0 Å². The van der Waals surface area contributed by atoms with Crippen LogP contribution in [-0.2, 0) is 15.6 Å². The van der Waals surface area contributed by atoms with Gasteiger partial charge >= 0.3 is 0 Å². The highest BCUT2D eigenvalue weighted by molar-refractivity contribution is 7.93. The third-order valence-electron chi connectivity index (χ3n) is 6.03. The molecule has 0 saturated heterocycles. The van der Waals surface area contributed by atoms with E-state index >= 15 is 0 Å². The molecular weight excluding hydrogens is 449 g/mol. The standard InChI is InChI=1S/C28H22FNO3S/c1-20-11-17-24(18-12-20)34(32,33)30-26-10-6-5-9-25(26)28(31,22-7-3-2-4-8-22)27(30)19-21-13-15-23(29)16-14-21/h2-19,31H,1H3/b27-19-. The molecule has 0 bridgehead atoms. The van der Waals surface area contributed by atoms with Gasteiger partial charge in [0.15, 0.2) is 5.60 Å². The van der Waals surface area contributed by atoms with Crippen molar-refractivity contribution in [3.05, 3.63) is 137 Å². The minimum absolute atomic E-state index is 0.107. The fourth-order valence-electron chi connectivity index (χ4n) is 4.31. The topological polar surface area (TPSA) is 57.6 Å². The summed E-state index contributed by atoms with van der Waals surface area (Å²) in [5.41, 5.74) is 1.23. The summed E-state index contributed by atoms with van der Waals surface area (Å²) in [6.45, 7) is 1.88. The van der Waals surface area contributed by atoms with Gasteiger partial charge in [0, 0.05) is 5.56 Å². The van der Waals surface area contributed by atoms with Crippen molar-refractivity contribution in [2.24, 2.45) is 0 Å². The van der Waals surface area contributed by atoms with Crippen LogP contribution < -0.4 is 4.31 Å². The van der Waals surface area contributed by atoms with Crippen molar-refractivity contribution in [1.29, 1.82) is 0 Å². The van der Waals surface area contributed by atoms with Crippen LogP contribution in [0.3, 0.4) is 0 Å². The molecule has 0 amide bonds. The molecule has 1 heterocycles. The lowest BCUT2D eigenvalue weighted by Gasteiger charge is -2.29. The van der Waals surface area contributed by atoms with Gasteiger partial charge in [0.1, 0.15) is 5.82 Å². The van der Waals surface area contributed by atoms with Gasteiger partial charge in [-0.05, 0) is 54.5 Å². The fraction of sp³-hybridized carbons (Fsp3) is 0.0714. The number of hydrogen-bond donors (Lipinski definition) is 1. The van der Waals surface area contributed by atoms with E-state index in [0.29, 0.717) is 22.4 Å². The summed E-state index contributed by atoms with van der Waals surface area (Å²) in [4.78, 5) is 0.107. The highest BCUT2D eigenvalue weighted by atomic mass is 32.2. The summed E-state index contributed by atoms with van der Waals surface area (Å²) in [5.74, 6) is -0.403. The highest BCUT2D eigenvalue weighted by Crippen LogP contribution is 2.52. The molecule has 4 nitrogen and oxygen atoms in total. The maximum absolute atomic E-state index is 14.0. The Balaban J connectivity index is 1.82. The van der Waals surface area contributed by atoms with Crippen LogP contribution in [0, 0.1) is 12.7 Å². The first-order valence-corrected chi connectivity index (χ1v) is 12.2. The molecule has 170 valence electrons. The number of nitrogens with zero attached hydrogens (tertiary/aromatic N) is 1. The average molecular weight is 472 g/mol. The van der Waals surface area contributed by atoms with Crippen LogP contribution in [-0.4, -0.2) is 13.5 Å². The minimum atomic E-state index is -4.09. The van der Waals surface area contributed by atoms with Crippen molar-refractivity contribution >= 4 is 21.8 Å². The van der Waals surface area contributed by atoms with Crippen LogP contribution in [0.2, 0.25) is 0 Å². The third-order valence-corrected chi connectivity index (χ3v) is 7.77. The molecule has 4 aromatic rings. The fourth-order valence-corrected chi connectivity index (χ4v) is 5.86. The minimum Gasteiger partial charge on any atom is -0.374 e. The Kier molecular flexibility index (Phi) is 5.35. The van der Waals surface area contributed by atoms with Crippen LogP contribution in [0.15, 0.2) is 114 Å². The lowest BCUT2D eigenvalue weighted by Crippen LogP contribution is -2.35. The second-order valence-corrected chi connectivity index (χ2v) is 10.0. The van der Waals surface area contributed by atoms with Gasteiger partial charge in [-0.3, -0.25) is 0 Å². The van der Waals surface area contributed by atoms with E-state index in [2.05, 4.69) is 0 Å². The van der Waals surface area contributed by atoms with Gasteiger partial charge in [-0.25, -0.2) is 17.1 Å². The van der Waals surface area contributed by atoms with Gasteiger partial charge in [0.2, 0.25) is 0 Å². The van der Waals surface area contributed by atoms with Crippen LogP contribution in [0.5, 0.6) is 0 Å². The molecule has 0 aliphatic carbocycles. The molecule has 0 fully saturated rings. The van der Waals surface area contributed by atoms with Crippen molar-refractivity contribution in [2.45, 2.75) is 17.4 Å². The Hall–Kier alpha value is -3.74. The molecule has 0 spiro atoms. The molecule has 1 unspecified atom stereocenters. The zero-order valence-corrected chi connectivity index (χ0v) is 19.2. The maximum atomic E-state index is 14.0. The van der Waals surface area contributed by atoms with Crippen molar-refractivity contribution < 1.29 is 17.9 Å². The Morgan fingerprint density at radius 3 is 2.12 bits per heavy atom. The number of fused-ring (bicyclic) bond motifs is 1. The molecule has 1 aliphatic rings. The second-order valence-electron chi connectivity index (χ2n) is 8.26. The SMILES string of the molecule is Cc1ccc(S(=O)(=O)N2/C(=C\c3ccc(F)cc3)C(O)(c3ccccc3)c3ccccc32)cc1. The molecule has 0 radical (unpaired) electrons. The van der Waals surface area contributed by atoms with E-state index in [9.17, 15) is 17.9 Å². The summed E-state index contributed by atoms with van der Waals surface area (Å²) < 4.78 is 42.8. The normalized spacial score (nSPS) is 18.8. The van der Waals surface area contributed by atoms with Crippen molar-refractivity contribution in [2.75, 3.05) is 4.31 Å². The molecule has 4 aromatic carbocycles. The molecule has 0 aromatic heterocycles. The number of aryl methyl sites for hydroxylation is 1. The summed E-state index contributed by atoms with van der Waals surface area (Å²) in [6.07, 6.45) is 1.60. The summed E-state index contributed by atoms with van der Waals surface area (Å²) in [6, 6.07) is 28.1. The predicted octanol–water partition coefficient (Wildman–Crippen LogP) is 5.62. The lowest BCUT2D eigenvalue weighted by molar-refractivity contribution is 0.128. The van der Waals surface area contributed by atoms with Gasteiger partial charge in [-0.15, -0.1) is 0 Å². The summed E-state index contributed by atoms with van der Waals surface area (Å²) in [5, 5.41) is 12.3. The molecule has 1 N–H and O–H groups in total. The van der Waals surface area contributed by atoms with E-state index in [4.69, 9.17) is 0 Å². The molecule has 1 atom stereocenters. The zero-order chi connectivity index (χ0) is 23.9. The Morgan fingerprint density at radius 1 is 0.824 bits per heavy atom. The smallest absolute Gasteiger partial charge is 0.268 e. The summed E-state index contributed by atoms with van der Waals surface area (Å²) in [7, 11) is -4.09. The monoisotopic (exact) mass is 471 g/mol. The predicted molar refractivity (Wildman–Crippen MR) is 131 cm³/mol. The first-order valence-electron chi connectivity index (χ1n) is 10.8. The zero-order valence-electron chi connectivity index (χ0n) is 18.4. The lowest BCUT2D eigenvalue weighted by atomic mass is 9.85. The summed E-state index contributed by atoms with van der Waals surface area (Å²) >= 11 is 0. The quantitative estimate of drug-likeness (QED) is 0.420. The van der Waals surface area contributed by atoms with E-state index in [-0.39, 0.29) is 10.6 Å². The van der Waals surface area contributed by atoms with Crippen molar-refractivity contribution in [3.8, 4) is 0 Å². The number of anilines is 1. The van der Waals surface area contributed by atoms with Crippen LogP contribution in [0.1, 0.15) is 22.3 Å². The number of hydrogen-bond acceptors (Lipinski definition) is 3.